The number of nitrogens with two attached hydrogens (primary N) is 1. The van der Waals surface area contributed by atoms with Gasteiger partial charge in [0, 0.05) is 46.2 Å². The molecule has 2 atom stereocenters. The van der Waals surface area contributed by atoms with Gasteiger partial charge in [0.25, 0.3) is 0 Å². The van der Waals surface area contributed by atoms with E-state index in [4.69, 9.17) is 10.5 Å². The Morgan fingerprint density at radius 3 is 2.96 bits per heavy atom. The second-order valence-electron chi connectivity index (χ2n) is 5.87. The van der Waals surface area contributed by atoms with E-state index in [1.807, 2.05) is 18.2 Å². The van der Waals surface area contributed by atoms with E-state index in [0.29, 0.717) is 17.7 Å². The van der Waals surface area contributed by atoms with Crippen LogP contribution in [-0.2, 0) is 11.3 Å². The van der Waals surface area contributed by atoms with Crippen molar-refractivity contribution in [2.75, 3.05) is 6.61 Å². The number of hydrogen-bond donors (Lipinski definition) is 3. The molecule has 0 saturated carbocycles. The third-order valence-corrected chi connectivity index (χ3v) is 4.34. The summed E-state index contributed by atoms with van der Waals surface area (Å²) in [5, 5.41) is 20.6. The molecule has 122 valence electrons. The minimum Gasteiger partial charge on any atom is -0.386 e. The van der Waals surface area contributed by atoms with E-state index < -0.39 is 12.3 Å². The van der Waals surface area contributed by atoms with E-state index in [1.165, 1.54) is 0 Å². The Bertz CT molecular complexity index is 911. The molecule has 0 spiro atoms. The summed E-state index contributed by atoms with van der Waals surface area (Å²) in [7, 11) is 0. The highest BCUT2D eigenvalue weighted by Crippen LogP contribution is 2.33. The molecule has 0 fully saturated rings. The molecule has 4 rings (SSSR count). The van der Waals surface area contributed by atoms with Crippen LogP contribution >= 0.6 is 0 Å². The van der Waals surface area contributed by atoms with Gasteiger partial charge in [-0.15, -0.1) is 0 Å². The van der Waals surface area contributed by atoms with Crippen LogP contribution in [0.5, 0.6) is 0 Å². The number of hydrogen-bond acceptors (Lipinski definition) is 6. The largest absolute Gasteiger partial charge is 0.386 e. The average Bonchev–Trinajstić information content (AvgIpc) is 2.60. The summed E-state index contributed by atoms with van der Waals surface area (Å²) in [4.78, 5) is 8.72. The van der Waals surface area contributed by atoms with E-state index >= 15 is 0 Å². The molecule has 1 aliphatic rings. The maximum absolute atomic E-state index is 10.1. The summed E-state index contributed by atoms with van der Waals surface area (Å²) in [5.41, 5.74) is 10.4. The molecule has 0 aliphatic carbocycles. The molecular weight excluding hydrogens is 306 g/mol. The lowest BCUT2D eigenvalue weighted by Crippen LogP contribution is -2.17. The second-order valence-corrected chi connectivity index (χ2v) is 5.87. The van der Waals surface area contributed by atoms with E-state index in [0.717, 1.165) is 27.6 Å². The zero-order chi connectivity index (χ0) is 16.7. The zero-order valence-electron chi connectivity index (χ0n) is 12.9. The van der Waals surface area contributed by atoms with Gasteiger partial charge in [-0.25, -0.2) is 0 Å². The molecule has 4 N–H and O–H groups in total. The van der Waals surface area contributed by atoms with Crippen LogP contribution in [-0.4, -0.2) is 26.8 Å². The quantitative estimate of drug-likeness (QED) is 0.622. The Morgan fingerprint density at radius 1 is 1.25 bits per heavy atom. The minimum atomic E-state index is -1.07. The summed E-state index contributed by atoms with van der Waals surface area (Å²) in [6, 6.07) is 7.50. The topological polar surface area (TPSA) is 101 Å². The number of aliphatic hydroxyl groups excluding tert-OH is 2. The van der Waals surface area contributed by atoms with E-state index in [1.54, 1.807) is 24.7 Å². The molecule has 0 radical (unpaired) electrons. The van der Waals surface area contributed by atoms with Crippen molar-refractivity contribution < 1.29 is 14.9 Å². The zero-order valence-corrected chi connectivity index (χ0v) is 12.9. The summed E-state index contributed by atoms with van der Waals surface area (Å²) in [6.45, 7) is 0.718. The molecule has 1 aliphatic heterocycles. The Hall–Kier alpha value is -2.38. The van der Waals surface area contributed by atoms with Crippen molar-refractivity contribution in [2.24, 2.45) is 5.73 Å². The van der Waals surface area contributed by atoms with Gasteiger partial charge in [0.05, 0.1) is 18.7 Å². The van der Waals surface area contributed by atoms with Gasteiger partial charge in [0.2, 0.25) is 0 Å². The van der Waals surface area contributed by atoms with Crippen LogP contribution in [0.3, 0.4) is 0 Å². The summed E-state index contributed by atoms with van der Waals surface area (Å²) >= 11 is 0. The van der Waals surface area contributed by atoms with Gasteiger partial charge in [-0.2, -0.15) is 0 Å². The van der Waals surface area contributed by atoms with Crippen molar-refractivity contribution in [3.63, 3.8) is 0 Å². The normalized spacial score (nSPS) is 18.4. The maximum atomic E-state index is 10.1. The first-order valence-corrected chi connectivity index (χ1v) is 7.70. The highest BCUT2D eigenvalue weighted by atomic mass is 16.5. The van der Waals surface area contributed by atoms with Crippen molar-refractivity contribution in [1.82, 2.24) is 9.97 Å². The van der Waals surface area contributed by atoms with E-state index in [9.17, 15) is 10.2 Å². The fourth-order valence-corrected chi connectivity index (χ4v) is 3.13. The van der Waals surface area contributed by atoms with Crippen molar-refractivity contribution in [3.8, 4) is 11.1 Å². The first-order valence-electron chi connectivity index (χ1n) is 7.70. The van der Waals surface area contributed by atoms with Gasteiger partial charge < -0.3 is 20.7 Å². The second kappa shape index (κ2) is 5.92. The van der Waals surface area contributed by atoms with Crippen LogP contribution in [0, 0.1) is 0 Å². The number of rotatable bonds is 2. The lowest BCUT2D eigenvalue weighted by Gasteiger charge is -2.23. The number of ether oxygens (including phenoxy) is 1. The van der Waals surface area contributed by atoms with Crippen LogP contribution in [0.1, 0.15) is 29.0 Å². The number of aliphatic hydroxyl groups is 2. The lowest BCUT2D eigenvalue weighted by atomic mass is 9.95. The Morgan fingerprint density at radius 2 is 2.12 bits per heavy atom. The van der Waals surface area contributed by atoms with Gasteiger partial charge in [0.15, 0.2) is 0 Å². The molecule has 2 unspecified atom stereocenters. The number of aromatic nitrogens is 2. The highest BCUT2D eigenvalue weighted by molar-refractivity contribution is 5.86. The molecule has 6 heteroatoms. The lowest BCUT2D eigenvalue weighted by molar-refractivity contribution is 0.00981. The van der Waals surface area contributed by atoms with Gasteiger partial charge in [0.1, 0.15) is 12.3 Å². The molecule has 0 bridgehead atoms. The van der Waals surface area contributed by atoms with Crippen molar-refractivity contribution in [3.05, 3.63) is 59.5 Å². The first-order chi connectivity index (χ1) is 11.6. The smallest absolute Gasteiger partial charge is 0.130 e. The SMILES string of the molecule is NC(O)c1cccc2cc(-c3cncc4c3COCC4O)cnc12. The standard InChI is InChI=1S/C18H17N3O3/c19-18(23)12-3-1-2-10-4-11(5-21-17(10)12)13-6-20-7-14-15(13)8-24-9-16(14)22/h1-7,16,18,22-23H,8-9,19H2. The predicted molar refractivity (Wildman–Crippen MR) is 88.7 cm³/mol. The molecule has 3 heterocycles. The van der Waals surface area contributed by atoms with Gasteiger partial charge in [-0.1, -0.05) is 18.2 Å². The fraction of sp³-hybridized carbons (Fsp3) is 0.222. The van der Waals surface area contributed by atoms with Gasteiger partial charge >= 0.3 is 0 Å². The van der Waals surface area contributed by atoms with Crippen LogP contribution in [0.2, 0.25) is 0 Å². The third kappa shape index (κ3) is 2.46. The highest BCUT2D eigenvalue weighted by Gasteiger charge is 2.22. The van der Waals surface area contributed by atoms with E-state index in [-0.39, 0.29) is 6.61 Å². The predicted octanol–water partition coefficient (Wildman–Crippen LogP) is 1.81. The van der Waals surface area contributed by atoms with Crippen molar-refractivity contribution >= 4 is 10.9 Å². The Labute approximate surface area is 138 Å². The Kier molecular flexibility index (Phi) is 3.74. The molecule has 2 aromatic heterocycles. The molecule has 24 heavy (non-hydrogen) atoms. The molecule has 3 aromatic rings. The fourth-order valence-electron chi connectivity index (χ4n) is 3.13. The molecule has 0 saturated heterocycles. The van der Waals surface area contributed by atoms with Crippen LogP contribution < -0.4 is 5.73 Å². The van der Waals surface area contributed by atoms with Crippen molar-refractivity contribution in [1.29, 1.82) is 0 Å². The van der Waals surface area contributed by atoms with E-state index in [2.05, 4.69) is 9.97 Å². The van der Waals surface area contributed by atoms with Crippen LogP contribution in [0.15, 0.2) is 42.9 Å². The molecule has 1 aromatic carbocycles. The minimum absolute atomic E-state index is 0.284. The molecule has 6 nitrogen and oxygen atoms in total. The number of para-hydroxylation sites is 1. The summed E-state index contributed by atoms with van der Waals surface area (Å²) in [6.07, 6.45) is 3.44. The maximum Gasteiger partial charge on any atom is 0.130 e. The van der Waals surface area contributed by atoms with Crippen LogP contribution in [0.4, 0.5) is 0 Å². The monoisotopic (exact) mass is 323 g/mol. The number of pyridine rings is 2. The number of nitrogens with zero attached hydrogens (tertiary/aromatic N) is 2. The van der Waals surface area contributed by atoms with Crippen molar-refractivity contribution in [2.45, 2.75) is 18.9 Å². The Balaban J connectivity index is 1.88. The average molecular weight is 323 g/mol. The first kappa shape index (κ1) is 15.2. The number of fused-ring (bicyclic) bond motifs is 2. The molecule has 0 amide bonds. The van der Waals surface area contributed by atoms with Gasteiger partial charge in [-0.05, 0) is 11.6 Å². The van der Waals surface area contributed by atoms with Crippen LogP contribution in [0.25, 0.3) is 22.0 Å². The molecular formula is C18H17N3O3. The third-order valence-electron chi connectivity index (χ3n) is 4.34. The summed E-state index contributed by atoms with van der Waals surface area (Å²) < 4.78 is 5.46. The summed E-state index contributed by atoms with van der Waals surface area (Å²) in [5.74, 6) is 0. The van der Waals surface area contributed by atoms with Gasteiger partial charge in [-0.3, -0.25) is 9.97 Å². The number of benzene rings is 1.